The number of ketones is 2. The second-order valence-electron chi connectivity index (χ2n) is 24.6. The topological polar surface area (TPSA) is 107 Å². The van der Waals surface area contributed by atoms with Crippen LogP contribution in [0.2, 0.25) is 0 Å². The zero-order valence-corrected chi connectivity index (χ0v) is 54.9. The molecule has 0 amide bonds. The Balaban J connectivity index is 5.80. The van der Waals surface area contributed by atoms with E-state index in [2.05, 4.69) is 76.3 Å². The van der Waals surface area contributed by atoms with Crippen molar-refractivity contribution in [2.75, 3.05) is 6.61 Å². The standard InChI is InChI=1S/C75H136O7/c1-5-9-13-17-21-25-29-33-37-41-45-49-53-57-61-65-70(77)75(71(78)66-62-58-54-50-46-42-38-34-30-26-22-18-14-10-6-2,82-74(80)68-64-60-56-52-48-44-40-36-32-28-24-20-16-12-8-4)72(69-76)81-73(79)67-63-59-55-51-47-43-39-35-31-27-23-19-15-11-7-3/h21,23,25,27,33,35,37,39,72,76H,5-20,22,24,26,28-32,34,36,38,40-69H2,1-4H3/b25-21-,27-23-,37-33-,39-35-. The zero-order valence-electron chi connectivity index (χ0n) is 54.9. The number of Topliss-reactive ketones (excluding diaryl/α,β-unsaturated/α-hetero) is 2. The summed E-state index contributed by atoms with van der Waals surface area (Å²) in [5.41, 5.74) is -2.36. The average molecular weight is 1150 g/mol. The van der Waals surface area contributed by atoms with Crippen molar-refractivity contribution < 1.29 is 33.8 Å². The molecule has 0 aliphatic carbocycles. The molecule has 0 spiro atoms. The van der Waals surface area contributed by atoms with E-state index >= 15 is 0 Å². The van der Waals surface area contributed by atoms with Gasteiger partial charge in [0.25, 0.3) is 5.60 Å². The van der Waals surface area contributed by atoms with Gasteiger partial charge in [-0.2, -0.15) is 0 Å². The van der Waals surface area contributed by atoms with Crippen LogP contribution in [0.15, 0.2) is 48.6 Å². The predicted octanol–water partition coefficient (Wildman–Crippen LogP) is 23.5. The van der Waals surface area contributed by atoms with Gasteiger partial charge in [0.15, 0.2) is 17.7 Å². The molecule has 7 nitrogen and oxygen atoms in total. The van der Waals surface area contributed by atoms with E-state index in [-0.39, 0.29) is 25.7 Å². The molecule has 2 atom stereocenters. The SMILES string of the molecule is CCCCC/C=C\C/C=C\CCCCCCCC(=O)OC(CO)C(OC(=O)CCCCCCCCCCCCCCCCC)(C(=O)CCCCCCC/C=C\C/C=C\CCCCC)C(=O)CCCCCCCCCCCCCCCCC. The van der Waals surface area contributed by atoms with Crippen LogP contribution >= 0.6 is 0 Å². The van der Waals surface area contributed by atoms with E-state index in [9.17, 15) is 24.3 Å². The molecular weight excluding hydrogens is 1010 g/mol. The van der Waals surface area contributed by atoms with Gasteiger partial charge in [-0.05, 0) is 89.9 Å². The molecule has 0 aliphatic heterocycles. The lowest BCUT2D eigenvalue weighted by Gasteiger charge is -2.36. The molecule has 0 bridgehead atoms. The number of aliphatic hydroxyl groups excluding tert-OH is 1. The van der Waals surface area contributed by atoms with Gasteiger partial charge in [0.2, 0.25) is 0 Å². The Bertz CT molecular complexity index is 1530. The summed E-state index contributed by atoms with van der Waals surface area (Å²) in [5, 5.41) is 11.1. The number of esters is 2. The lowest BCUT2D eigenvalue weighted by Crippen LogP contribution is -2.61. The first kappa shape index (κ1) is 79.2. The van der Waals surface area contributed by atoms with Crippen molar-refractivity contribution in [3.05, 3.63) is 48.6 Å². The second kappa shape index (κ2) is 64.2. The van der Waals surface area contributed by atoms with Crippen molar-refractivity contribution in [2.24, 2.45) is 0 Å². The molecule has 2 unspecified atom stereocenters. The molecule has 0 aromatic heterocycles. The summed E-state index contributed by atoms with van der Waals surface area (Å²) in [6.07, 6.45) is 75.6. The fraction of sp³-hybridized carbons (Fsp3) is 0.840. The Labute approximate surface area is 509 Å². The van der Waals surface area contributed by atoms with Gasteiger partial charge >= 0.3 is 11.9 Å². The predicted molar refractivity (Wildman–Crippen MR) is 354 cm³/mol. The summed E-state index contributed by atoms with van der Waals surface area (Å²) in [5.74, 6) is -2.28. The maximum Gasteiger partial charge on any atom is 0.307 e. The Morgan fingerprint density at radius 2 is 0.537 bits per heavy atom. The Morgan fingerprint density at radius 1 is 0.305 bits per heavy atom. The molecule has 0 heterocycles. The van der Waals surface area contributed by atoms with Gasteiger partial charge in [-0.3, -0.25) is 19.2 Å². The summed E-state index contributed by atoms with van der Waals surface area (Å²) < 4.78 is 12.2. The van der Waals surface area contributed by atoms with E-state index < -0.39 is 41.8 Å². The van der Waals surface area contributed by atoms with Crippen LogP contribution in [-0.4, -0.2) is 46.9 Å². The molecule has 0 radical (unpaired) electrons. The maximum absolute atomic E-state index is 14.8. The lowest BCUT2D eigenvalue weighted by atomic mass is 9.82. The molecule has 0 aromatic rings. The van der Waals surface area contributed by atoms with E-state index in [1.54, 1.807) is 0 Å². The minimum atomic E-state index is -2.36. The van der Waals surface area contributed by atoms with Crippen LogP contribution in [0.25, 0.3) is 0 Å². The van der Waals surface area contributed by atoms with E-state index in [0.717, 1.165) is 128 Å². The van der Waals surface area contributed by atoms with Crippen molar-refractivity contribution in [2.45, 2.75) is 399 Å². The maximum atomic E-state index is 14.8. The number of hydrogen-bond donors (Lipinski definition) is 1. The van der Waals surface area contributed by atoms with Gasteiger partial charge in [0, 0.05) is 25.7 Å². The average Bonchev–Trinajstić information content (AvgIpc) is 3.63. The van der Waals surface area contributed by atoms with Gasteiger partial charge in [-0.15, -0.1) is 0 Å². The van der Waals surface area contributed by atoms with Crippen LogP contribution in [0.4, 0.5) is 0 Å². The summed E-state index contributed by atoms with van der Waals surface area (Å²) >= 11 is 0. The Hall–Kier alpha value is -2.80. The van der Waals surface area contributed by atoms with Gasteiger partial charge in [-0.25, -0.2) is 0 Å². The first-order chi connectivity index (χ1) is 40.3. The molecule has 1 N–H and O–H groups in total. The number of allylic oxidation sites excluding steroid dienone is 8. The summed E-state index contributed by atoms with van der Waals surface area (Å²) in [6.45, 7) is 8.22. The van der Waals surface area contributed by atoms with E-state index in [1.807, 2.05) is 0 Å². The molecule has 82 heavy (non-hydrogen) atoms. The van der Waals surface area contributed by atoms with Crippen molar-refractivity contribution >= 4 is 23.5 Å². The molecule has 7 heteroatoms. The molecule has 0 aromatic carbocycles. The smallest absolute Gasteiger partial charge is 0.307 e. The largest absolute Gasteiger partial charge is 0.455 e. The minimum absolute atomic E-state index is 0.0142. The van der Waals surface area contributed by atoms with E-state index in [0.29, 0.717) is 25.7 Å². The first-order valence-electron chi connectivity index (χ1n) is 36.0. The van der Waals surface area contributed by atoms with Gasteiger partial charge in [0.1, 0.15) is 0 Å². The number of ether oxygens (including phenoxy) is 2. The number of aliphatic hydroxyl groups is 1. The second-order valence-corrected chi connectivity index (χ2v) is 24.6. The van der Waals surface area contributed by atoms with Crippen molar-refractivity contribution in [3.63, 3.8) is 0 Å². The van der Waals surface area contributed by atoms with Crippen LogP contribution in [0.5, 0.6) is 0 Å². The number of rotatable bonds is 66. The third-order valence-electron chi connectivity index (χ3n) is 16.7. The highest BCUT2D eigenvalue weighted by molar-refractivity contribution is 6.12. The third-order valence-corrected chi connectivity index (χ3v) is 16.7. The third kappa shape index (κ3) is 50.5. The van der Waals surface area contributed by atoms with Crippen molar-refractivity contribution in [1.82, 2.24) is 0 Å². The fourth-order valence-corrected chi connectivity index (χ4v) is 11.2. The first-order valence-corrected chi connectivity index (χ1v) is 36.0. The highest BCUT2D eigenvalue weighted by Gasteiger charge is 2.56. The molecule has 0 saturated heterocycles. The highest BCUT2D eigenvalue weighted by atomic mass is 16.6. The van der Waals surface area contributed by atoms with E-state index in [4.69, 9.17) is 9.47 Å². The number of carbonyl (C=O) groups is 4. The van der Waals surface area contributed by atoms with Crippen molar-refractivity contribution in [1.29, 1.82) is 0 Å². The van der Waals surface area contributed by atoms with Gasteiger partial charge < -0.3 is 14.6 Å². The minimum Gasteiger partial charge on any atom is -0.455 e. The quantitative estimate of drug-likeness (QED) is 0.0280. The van der Waals surface area contributed by atoms with E-state index in [1.165, 1.54) is 180 Å². The van der Waals surface area contributed by atoms with Crippen LogP contribution < -0.4 is 0 Å². The molecule has 0 saturated carbocycles. The summed E-state index contributed by atoms with van der Waals surface area (Å²) in [4.78, 5) is 57.3. The van der Waals surface area contributed by atoms with Crippen LogP contribution in [0.3, 0.4) is 0 Å². The van der Waals surface area contributed by atoms with Crippen LogP contribution in [0, 0.1) is 0 Å². The fourth-order valence-electron chi connectivity index (χ4n) is 11.2. The molecule has 0 rings (SSSR count). The Kier molecular flexibility index (Phi) is 62.0. The Morgan fingerprint density at radius 3 is 0.829 bits per heavy atom. The number of unbranched alkanes of at least 4 members (excludes halogenated alkanes) is 44. The monoisotopic (exact) mass is 1150 g/mol. The lowest BCUT2D eigenvalue weighted by molar-refractivity contribution is -0.196. The summed E-state index contributed by atoms with van der Waals surface area (Å²) in [6, 6.07) is 0. The highest BCUT2D eigenvalue weighted by Crippen LogP contribution is 2.30. The normalized spacial score (nSPS) is 13.1. The van der Waals surface area contributed by atoms with Gasteiger partial charge in [0.05, 0.1) is 6.61 Å². The number of hydrogen-bond acceptors (Lipinski definition) is 7. The molecule has 478 valence electrons. The van der Waals surface area contributed by atoms with Crippen molar-refractivity contribution in [3.8, 4) is 0 Å². The molecule has 0 aliphatic rings. The molecular formula is C75H136O7. The molecule has 0 fully saturated rings. The van der Waals surface area contributed by atoms with Crippen LogP contribution in [-0.2, 0) is 28.7 Å². The van der Waals surface area contributed by atoms with Gasteiger partial charge in [-0.1, -0.05) is 320 Å². The zero-order chi connectivity index (χ0) is 59.8. The van der Waals surface area contributed by atoms with Crippen LogP contribution in [0.1, 0.15) is 387 Å². The number of carbonyl (C=O) groups excluding carboxylic acids is 4. The summed E-state index contributed by atoms with van der Waals surface area (Å²) in [7, 11) is 0.